The lowest BCUT2D eigenvalue weighted by molar-refractivity contribution is 0.0199. The average molecular weight is 283 g/mol. The monoisotopic (exact) mass is 283 g/mol. The predicted molar refractivity (Wildman–Crippen MR) is 58.4 cm³/mol. The first-order valence-corrected chi connectivity index (χ1v) is 6.52. The normalized spacial score (nSPS) is 12.0. The zero-order valence-electron chi connectivity index (χ0n) is 9.27. The summed E-state index contributed by atoms with van der Waals surface area (Å²) in [6.45, 7) is -1.18. The number of halogens is 3. The van der Waals surface area contributed by atoms with Gasteiger partial charge in [0.2, 0.25) is 10.0 Å². The van der Waals surface area contributed by atoms with Crippen LogP contribution in [0.15, 0.2) is 29.2 Å². The molecule has 0 amide bonds. The molecule has 0 fully saturated rings. The fourth-order valence-corrected chi connectivity index (χ4v) is 2.25. The lowest BCUT2D eigenvalue weighted by Gasteiger charge is -2.07. The molecule has 0 aliphatic rings. The third-order valence-electron chi connectivity index (χ3n) is 1.91. The van der Waals surface area contributed by atoms with E-state index in [1.165, 1.54) is 12.1 Å². The highest BCUT2D eigenvalue weighted by Crippen LogP contribution is 2.12. The topological polar surface area (TPSA) is 55.4 Å². The van der Waals surface area contributed by atoms with Crippen molar-refractivity contribution in [2.45, 2.75) is 11.3 Å². The molecule has 18 heavy (non-hydrogen) atoms. The number of hydrogen-bond donors (Lipinski definition) is 1. The van der Waals surface area contributed by atoms with Crippen molar-refractivity contribution in [3.05, 3.63) is 30.1 Å². The maximum atomic E-state index is 13.2. The Morgan fingerprint density at radius 1 is 1.28 bits per heavy atom. The van der Waals surface area contributed by atoms with E-state index in [0.717, 1.165) is 12.1 Å². The van der Waals surface area contributed by atoms with Gasteiger partial charge in [0, 0.05) is 6.54 Å². The Bertz CT molecular complexity index is 479. The number of nitrogens with one attached hydrogen (secondary N) is 1. The van der Waals surface area contributed by atoms with Crippen LogP contribution < -0.4 is 4.72 Å². The molecule has 0 aromatic heterocycles. The summed E-state index contributed by atoms with van der Waals surface area (Å²) < 4.78 is 66.3. The van der Waals surface area contributed by atoms with E-state index in [1.807, 2.05) is 0 Å². The van der Waals surface area contributed by atoms with Gasteiger partial charge in [-0.15, -0.1) is 0 Å². The molecule has 0 saturated carbocycles. The highest BCUT2D eigenvalue weighted by atomic mass is 32.2. The first kappa shape index (κ1) is 14.9. The van der Waals surface area contributed by atoms with Gasteiger partial charge >= 0.3 is 0 Å². The summed E-state index contributed by atoms with van der Waals surface area (Å²) >= 11 is 0. The highest BCUT2D eigenvalue weighted by molar-refractivity contribution is 7.89. The number of alkyl halides is 2. The van der Waals surface area contributed by atoms with Crippen LogP contribution in [0.25, 0.3) is 0 Å². The largest absolute Gasteiger partial charge is 0.374 e. The van der Waals surface area contributed by atoms with E-state index in [1.54, 1.807) is 0 Å². The number of rotatable bonds is 7. The molecule has 102 valence electrons. The summed E-state index contributed by atoms with van der Waals surface area (Å²) in [6.07, 6.45) is -2.60. The second-order valence-corrected chi connectivity index (χ2v) is 5.03. The summed E-state index contributed by atoms with van der Waals surface area (Å²) in [6, 6.07) is 4.87. The molecule has 0 saturated heterocycles. The minimum atomic E-state index is -3.98. The molecule has 1 aromatic carbocycles. The van der Waals surface area contributed by atoms with E-state index in [-0.39, 0.29) is 13.2 Å². The van der Waals surface area contributed by atoms with Gasteiger partial charge in [-0.05, 0) is 12.1 Å². The van der Waals surface area contributed by atoms with Crippen molar-refractivity contribution >= 4 is 10.0 Å². The third-order valence-corrected chi connectivity index (χ3v) is 3.40. The molecule has 8 heteroatoms. The van der Waals surface area contributed by atoms with E-state index in [9.17, 15) is 21.6 Å². The quantitative estimate of drug-likeness (QED) is 0.769. The Kier molecular flexibility index (Phi) is 5.57. The standard InChI is InChI=1S/C10H12F3NO3S/c11-8-3-1-2-4-9(8)18(15,16)14-5-6-17-7-10(12)13/h1-4,10,14H,5-7H2. The van der Waals surface area contributed by atoms with E-state index in [4.69, 9.17) is 0 Å². The fraction of sp³-hybridized carbons (Fsp3) is 0.400. The van der Waals surface area contributed by atoms with E-state index < -0.39 is 33.8 Å². The number of ether oxygens (including phenoxy) is 1. The van der Waals surface area contributed by atoms with Crippen LogP contribution in [0.3, 0.4) is 0 Å². The molecular formula is C10H12F3NO3S. The smallest absolute Gasteiger partial charge is 0.261 e. The molecule has 0 bridgehead atoms. The molecule has 1 rings (SSSR count). The highest BCUT2D eigenvalue weighted by Gasteiger charge is 2.17. The summed E-state index contributed by atoms with van der Waals surface area (Å²) in [5.41, 5.74) is 0. The van der Waals surface area contributed by atoms with E-state index >= 15 is 0 Å². The number of benzene rings is 1. The molecule has 0 atom stereocenters. The summed E-state index contributed by atoms with van der Waals surface area (Å²) in [7, 11) is -3.98. The second-order valence-electron chi connectivity index (χ2n) is 3.29. The van der Waals surface area contributed by atoms with Crippen molar-refractivity contribution in [1.29, 1.82) is 0 Å². The maximum Gasteiger partial charge on any atom is 0.261 e. The average Bonchev–Trinajstić information content (AvgIpc) is 2.28. The van der Waals surface area contributed by atoms with Gasteiger partial charge in [-0.2, -0.15) is 0 Å². The summed E-state index contributed by atoms with van der Waals surface area (Å²) in [4.78, 5) is -0.487. The molecular weight excluding hydrogens is 271 g/mol. The van der Waals surface area contributed by atoms with Crippen molar-refractivity contribution in [3.8, 4) is 0 Å². The Hall–Kier alpha value is -1.12. The first-order chi connectivity index (χ1) is 8.43. The Balaban J connectivity index is 2.49. The second kappa shape index (κ2) is 6.72. The predicted octanol–water partition coefficient (Wildman–Crippen LogP) is 1.39. The van der Waals surface area contributed by atoms with Crippen LogP contribution >= 0.6 is 0 Å². The number of sulfonamides is 1. The maximum absolute atomic E-state index is 13.2. The van der Waals surface area contributed by atoms with Crippen LogP contribution in [-0.4, -0.2) is 34.6 Å². The van der Waals surface area contributed by atoms with Gasteiger partial charge < -0.3 is 4.74 Å². The van der Waals surface area contributed by atoms with Gasteiger partial charge in [0.15, 0.2) is 0 Å². The van der Waals surface area contributed by atoms with Crippen LogP contribution in [0.2, 0.25) is 0 Å². The van der Waals surface area contributed by atoms with Crippen molar-refractivity contribution in [1.82, 2.24) is 4.72 Å². The van der Waals surface area contributed by atoms with E-state index in [0.29, 0.717) is 0 Å². The summed E-state index contributed by atoms with van der Waals surface area (Å²) in [5, 5.41) is 0. The molecule has 1 aromatic rings. The zero-order chi connectivity index (χ0) is 13.6. The lowest BCUT2D eigenvalue weighted by Crippen LogP contribution is -2.28. The van der Waals surface area contributed by atoms with Crippen molar-refractivity contribution in [3.63, 3.8) is 0 Å². The van der Waals surface area contributed by atoms with Crippen LogP contribution in [-0.2, 0) is 14.8 Å². The molecule has 0 spiro atoms. The fourth-order valence-electron chi connectivity index (χ4n) is 1.16. The van der Waals surface area contributed by atoms with Crippen LogP contribution in [0, 0.1) is 5.82 Å². The Morgan fingerprint density at radius 2 is 1.94 bits per heavy atom. The molecule has 0 radical (unpaired) electrons. The SMILES string of the molecule is O=S(=O)(NCCOCC(F)F)c1ccccc1F. The van der Waals surface area contributed by atoms with Gasteiger partial charge in [0.05, 0.1) is 6.61 Å². The molecule has 0 unspecified atom stereocenters. The van der Waals surface area contributed by atoms with Crippen LogP contribution in [0.1, 0.15) is 0 Å². The molecule has 4 nitrogen and oxygen atoms in total. The molecule has 0 aliphatic heterocycles. The van der Waals surface area contributed by atoms with Crippen molar-refractivity contribution < 1.29 is 26.3 Å². The van der Waals surface area contributed by atoms with Crippen LogP contribution in [0.5, 0.6) is 0 Å². The minimum Gasteiger partial charge on any atom is -0.374 e. The van der Waals surface area contributed by atoms with Gasteiger partial charge in [-0.1, -0.05) is 12.1 Å². The Labute approximate surface area is 103 Å². The molecule has 0 heterocycles. The Morgan fingerprint density at radius 3 is 2.56 bits per heavy atom. The van der Waals surface area contributed by atoms with Crippen molar-refractivity contribution in [2.75, 3.05) is 19.8 Å². The van der Waals surface area contributed by atoms with Gasteiger partial charge in [-0.3, -0.25) is 0 Å². The summed E-state index contributed by atoms with van der Waals surface area (Å²) in [5.74, 6) is -0.876. The number of hydrogen-bond acceptors (Lipinski definition) is 3. The minimum absolute atomic E-state index is 0.205. The van der Waals surface area contributed by atoms with E-state index in [2.05, 4.69) is 9.46 Å². The molecule has 0 aliphatic carbocycles. The van der Waals surface area contributed by atoms with Gasteiger partial charge in [0.1, 0.15) is 17.3 Å². The lowest BCUT2D eigenvalue weighted by atomic mass is 10.4. The third kappa shape index (κ3) is 4.63. The zero-order valence-corrected chi connectivity index (χ0v) is 10.1. The van der Waals surface area contributed by atoms with Gasteiger partial charge in [0.25, 0.3) is 6.43 Å². The van der Waals surface area contributed by atoms with Crippen LogP contribution in [0.4, 0.5) is 13.2 Å². The van der Waals surface area contributed by atoms with Gasteiger partial charge in [-0.25, -0.2) is 26.3 Å². The van der Waals surface area contributed by atoms with Crippen molar-refractivity contribution in [2.24, 2.45) is 0 Å². The molecule has 1 N–H and O–H groups in total. The first-order valence-electron chi connectivity index (χ1n) is 5.03.